The van der Waals surface area contributed by atoms with Gasteiger partial charge in [0.05, 0.1) is 25.0 Å². The molecule has 0 aliphatic carbocycles. The van der Waals surface area contributed by atoms with E-state index in [1.54, 1.807) is 7.11 Å². The minimum Gasteiger partial charge on any atom is -0.497 e. The maximum Gasteiger partial charge on any atom is 0.240 e. The Morgan fingerprint density at radius 2 is 1.39 bits per heavy atom. The van der Waals surface area contributed by atoms with E-state index in [-0.39, 0.29) is 5.91 Å². The van der Waals surface area contributed by atoms with Crippen LogP contribution in [0.3, 0.4) is 0 Å². The fourth-order valence-corrected chi connectivity index (χ4v) is 4.34. The van der Waals surface area contributed by atoms with Gasteiger partial charge in [0.2, 0.25) is 11.9 Å². The van der Waals surface area contributed by atoms with E-state index in [0.29, 0.717) is 12.5 Å². The van der Waals surface area contributed by atoms with Crippen LogP contribution in [0.5, 0.6) is 5.75 Å². The van der Waals surface area contributed by atoms with E-state index in [0.717, 1.165) is 54.4 Å². The summed E-state index contributed by atoms with van der Waals surface area (Å²) in [5, 5.41) is 2.93. The number of hydrogen-bond donors (Lipinski definition) is 1. The van der Waals surface area contributed by atoms with Crippen LogP contribution in [0, 0.1) is 0 Å². The van der Waals surface area contributed by atoms with Crippen LogP contribution < -0.4 is 15.0 Å². The average Bonchev–Trinajstić information content (AvgIpc) is 2.94. The molecular weight excluding hydrogens is 450 g/mol. The second-order valence-corrected chi connectivity index (χ2v) is 8.70. The summed E-state index contributed by atoms with van der Waals surface area (Å²) in [7, 11) is 1.64. The number of amides is 1. The summed E-state index contributed by atoms with van der Waals surface area (Å²) < 4.78 is 5.28. The molecule has 0 bridgehead atoms. The molecule has 4 aromatic rings. The van der Waals surface area contributed by atoms with Gasteiger partial charge in [-0.3, -0.25) is 15.0 Å². The zero-order valence-electron chi connectivity index (χ0n) is 20.3. The summed E-state index contributed by atoms with van der Waals surface area (Å²) in [5.41, 5.74) is 4.59. The van der Waals surface area contributed by atoms with Crippen molar-refractivity contribution in [1.29, 1.82) is 0 Å². The molecule has 5 rings (SSSR count). The van der Waals surface area contributed by atoms with Gasteiger partial charge in [0.1, 0.15) is 5.75 Å². The minimum absolute atomic E-state index is 0.117. The van der Waals surface area contributed by atoms with Gasteiger partial charge in [-0.1, -0.05) is 48.5 Å². The summed E-state index contributed by atoms with van der Waals surface area (Å²) in [6.07, 6.45) is 0. The number of hydrogen-bond acceptors (Lipinski definition) is 6. The third kappa shape index (κ3) is 5.70. The molecule has 1 aliphatic heterocycles. The molecule has 7 nitrogen and oxygen atoms in total. The molecule has 1 amide bonds. The topological polar surface area (TPSA) is 70.6 Å². The lowest BCUT2D eigenvalue weighted by atomic mass is 10.1. The van der Waals surface area contributed by atoms with Crippen molar-refractivity contribution in [3.8, 4) is 28.3 Å². The van der Waals surface area contributed by atoms with Gasteiger partial charge < -0.3 is 9.64 Å². The molecule has 1 fully saturated rings. The van der Waals surface area contributed by atoms with Crippen LogP contribution in [0.15, 0.2) is 91.0 Å². The largest absolute Gasteiger partial charge is 0.497 e. The third-order valence-electron chi connectivity index (χ3n) is 6.29. The summed E-state index contributed by atoms with van der Waals surface area (Å²) in [6.45, 7) is 3.73. The predicted molar refractivity (Wildman–Crippen MR) is 143 cm³/mol. The van der Waals surface area contributed by atoms with Crippen molar-refractivity contribution < 1.29 is 9.53 Å². The number of nitrogens with one attached hydrogen (secondary N) is 1. The first-order valence-electron chi connectivity index (χ1n) is 12.1. The smallest absolute Gasteiger partial charge is 0.240 e. The number of anilines is 2. The second-order valence-electron chi connectivity index (χ2n) is 8.70. The number of methoxy groups -OCH3 is 1. The average molecular weight is 480 g/mol. The van der Waals surface area contributed by atoms with Crippen molar-refractivity contribution in [1.82, 2.24) is 14.9 Å². The fraction of sp³-hybridized carbons (Fsp3) is 0.207. The fourth-order valence-electron chi connectivity index (χ4n) is 4.34. The molecule has 0 saturated carbocycles. The molecule has 1 aliphatic rings. The number of benzene rings is 3. The Hall–Kier alpha value is -4.23. The molecule has 0 atom stereocenters. The third-order valence-corrected chi connectivity index (χ3v) is 6.29. The Morgan fingerprint density at radius 3 is 2.00 bits per heavy atom. The number of nitrogens with zero attached hydrogens (tertiary/aromatic N) is 4. The molecule has 0 unspecified atom stereocenters. The summed E-state index contributed by atoms with van der Waals surface area (Å²) in [5.74, 6) is 0.959. The minimum atomic E-state index is -0.117. The highest BCUT2D eigenvalue weighted by Crippen LogP contribution is 2.26. The van der Waals surface area contributed by atoms with Crippen molar-refractivity contribution in [2.24, 2.45) is 0 Å². The number of rotatable bonds is 7. The van der Waals surface area contributed by atoms with Gasteiger partial charge in [-0.15, -0.1) is 0 Å². The Kier molecular flexibility index (Phi) is 7.19. The van der Waals surface area contributed by atoms with Crippen LogP contribution in [0.2, 0.25) is 0 Å². The van der Waals surface area contributed by atoms with E-state index in [9.17, 15) is 4.79 Å². The van der Waals surface area contributed by atoms with Crippen molar-refractivity contribution in [3.63, 3.8) is 0 Å². The number of carbonyl (C=O) groups excluding carboxylic acids is 1. The SMILES string of the molecule is COc1ccc(-c2cc(-c3ccccc3)nc(NC(=O)CN3CCN(c4ccccc4)CC3)n2)cc1. The maximum atomic E-state index is 12.9. The number of aromatic nitrogens is 2. The molecule has 1 aromatic heterocycles. The van der Waals surface area contributed by atoms with Gasteiger partial charge >= 0.3 is 0 Å². The lowest BCUT2D eigenvalue weighted by Gasteiger charge is -2.35. The highest BCUT2D eigenvalue weighted by atomic mass is 16.5. The summed E-state index contributed by atoms with van der Waals surface area (Å²) in [4.78, 5) is 26.8. The van der Waals surface area contributed by atoms with E-state index < -0.39 is 0 Å². The molecule has 1 N–H and O–H groups in total. The summed E-state index contributed by atoms with van der Waals surface area (Å²) in [6, 6.07) is 29.9. The Bertz CT molecular complexity index is 1290. The van der Waals surface area contributed by atoms with Gasteiger partial charge in [-0.2, -0.15) is 0 Å². The normalized spacial score (nSPS) is 13.9. The summed E-state index contributed by atoms with van der Waals surface area (Å²) >= 11 is 0. The van der Waals surface area contributed by atoms with Gasteiger partial charge in [0.25, 0.3) is 0 Å². The lowest BCUT2D eigenvalue weighted by molar-refractivity contribution is -0.117. The van der Waals surface area contributed by atoms with E-state index in [1.807, 2.05) is 66.7 Å². The van der Waals surface area contributed by atoms with Crippen LogP contribution in [-0.4, -0.2) is 60.6 Å². The van der Waals surface area contributed by atoms with Gasteiger partial charge in [0.15, 0.2) is 0 Å². The van der Waals surface area contributed by atoms with E-state index in [2.05, 4.69) is 49.4 Å². The van der Waals surface area contributed by atoms with Crippen molar-refractivity contribution in [2.45, 2.75) is 0 Å². The van der Waals surface area contributed by atoms with Crippen LogP contribution >= 0.6 is 0 Å². The molecule has 182 valence electrons. The van der Waals surface area contributed by atoms with Crippen molar-refractivity contribution in [3.05, 3.63) is 91.0 Å². The van der Waals surface area contributed by atoms with Gasteiger partial charge in [0, 0.05) is 43.0 Å². The highest BCUT2D eigenvalue weighted by Gasteiger charge is 2.20. The quantitative estimate of drug-likeness (QED) is 0.418. The number of carbonyl (C=O) groups is 1. The van der Waals surface area contributed by atoms with Crippen LogP contribution in [-0.2, 0) is 4.79 Å². The van der Waals surface area contributed by atoms with Crippen LogP contribution in [0.4, 0.5) is 11.6 Å². The van der Waals surface area contributed by atoms with E-state index in [1.165, 1.54) is 5.69 Å². The van der Waals surface area contributed by atoms with E-state index >= 15 is 0 Å². The van der Waals surface area contributed by atoms with Crippen molar-refractivity contribution in [2.75, 3.05) is 50.1 Å². The second kappa shape index (κ2) is 11.0. The number of ether oxygens (including phenoxy) is 1. The monoisotopic (exact) mass is 479 g/mol. The standard InChI is InChI=1S/C29H29N5O2/c1-36-25-14-12-23(13-15-25)27-20-26(22-8-4-2-5-9-22)30-29(31-27)32-28(35)21-33-16-18-34(19-17-33)24-10-6-3-7-11-24/h2-15,20H,16-19,21H2,1H3,(H,30,31,32,35). The lowest BCUT2D eigenvalue weighted by Crippen LogP contribution is -2.48. The van der Waals surface area contributed by atoms with Gasteiger partial charge in [-0.25, -0.2) is 9.97 Å². The molecular formula is C29H29N5O2. The molecule has 0 spiro atoms. The van der Waals surface area contributed by atoms with E-state index in [4.69, 9.17) is 4.74 Å². The first-order valence-corrected chi connectivity index (χ1v) is 12.1. The number of para-hydroxylation sites is 1. The Balaban J connectivity index is 1.30. The molecule has 0 radical (unpaired) electrons. The number of piperazine rings is 1. The zero-order valence-corrected chi connectivity index (χ0v) is 20.3. The highest BCUT2D eigenvalue weighted by molar-refractivity contribution is 5.91. The van der Waals surface area contributed by atoms with Crippen LogP contribution in [0.1, 0.15) is 0 Å². The zero-order chi connectivity index (χ0) is 24.7. The molecule has 7 heteroatoms. The molecule has 36 heavy (non-hydrogen) atoms. The molecule has 3 aromatic carbocycles. The van der Waals surface area contributed by atoms with Crippen molar-refractivity contribution >= 4 is 17.5 Å². The van der Waals surface area contributed by atoms with Gasteiger partial charge in [-0.05, 0) is 42.5 Å². The Labute approximate surface area is 211 Å². The maximum absolute atomic E-state index is 12.9. The molecule has 1 saturated heterocycles. The van der Waals surface area contributed by atoms with Crippen LogP contribution in [0.25, 0.3) is 22.5 Å². The Morgan fingerprint density at radius 1 is 0.806 bits per heavy atom. The first kappa shape index (κ1) is 23.5. The molecule has 2 heterocycles. The first-order chi connectivity index (χ1) is 17.7. The predicted octanol–water partition coefficient (Wildman–Crippen LogP) is 4.58.